The Morgan fingerprint density at radius 3 is 2.54 bits per heavy atom. The first-order valence-electron chi connectivity index (χ1n) is 11.3. The van der Waals surface area contributed by atoms with Crippen molar-refractivity contribution in [3.8, 4) is 33.8 Å². The lowest BCUT2D eigenvalue weighted by molar-refractivity contribution is 0.436. The van der Waals surface area contributed by atoms with E-state index < -0.39 is 9.84 Å². The van der Waals surface area contributed by atoms with Crippen molar-refractivity contribution < 1.29 is 17.2 Å². The van der Waals surface area contributed by atoms with Crippen LogP contribution >= 0.6 is 0 Å². The molecule has 1 atom stereocenters. The molecule has 0 spiro atoms. The van der Waals surface area contributed by atoms with Crippen LogP contribution in [0.5, 0.6) is 0 Å². The Balaban J connectivity index is 1.53. The van der Waals surface area contributed by atoms with Gasteiger partial charge < -0.3 is 4.42 Å². The van der Waals surface area contributed by atoms with Crippen LogP contribution in [0.3, 0.4) is 0 Å². The SMILES string of the molecule is O=S1(=O)CCC[C@H](n2cc(-c3ncnc4oc(-c5ccccc5)cc34)c(-c3ccc(F)cc3)n2)C1. The summed E-state index contributed by atoms with van der Waals surface area (Å²) in [6, 6.07) is 17.4. The minimum Gasteiger partial charge on any atom is -0.438 e. The lowest BCUT2D eigenvalue weighted by Crippen LogP contribution is -2.27. The molecule has 9 heteroatoms. The highest BCUT2D eigenvalue weighted by Gasteiger charge is 2.28. The molecule has 0 bridgehead atoms. The molecule has 0 aliphatic carbocycles. The highest BCUT2D eigenvalue weighted by Crippen LogP contribution is 2.38. The molecule has 4 heterocycles. The van der Waals surface area contributed by atoms with Crippen molar-refractivity contribution in [2.24, 2.45) is 0 Å². The number of hydrogen-bond acceptors (Lipinski definition) is 6. The molecule has 1 aliphatic heterocycles. The number of rotatable bonds is 4. The van der Waals surface area contributed by atoms with Gasteiger partial charge in [0.1, 0.15) is 23.6 Å². The van der Waals surface area contributed by atoms with Gasteiger partial charge in [0, 0.05) is 22.9 Å². The number of nitrogens with zero attached hydrogens (tertiary/aromatic N) is 4. The summed E-state index contributed by atoms with van der Waals surface area (Å²) in [5.41, 5.74) is 3.97. The standard InChI is InChI=1S/C26H21FN4O3S/c27-19-10-8-18(9-11-19)24-22(14-31(30-24)20-7-4-12-35(32,33)15-20)25-21-13-23(17-5-2-1-3-6-17)34-26(21)29-16-28-25/h1-3,5-6,8-11,13-14,16,20H,4,7,12,15H2/t20-/m0/s1. The summed E-state index contributed by atoms with van der Waals surface area (Å²) in [7, 11) is -3.13. The Kier molecular flexibility index (Phi) is 5.21. The van der Waals surface area contributed by atoms with E-state index in [1.165, 1.54) is 18.5 Å². The van der Waals surface area contributed by atoms with E-state index in [1.54, 1.807) is 16.8 Å². The molecule has 1 aliphatic rings. The van der Waals surface area contributed by atoms with Crippen LogP contribution in [0.25, 0.3) is 44.9 Å². The first kappa shape index (κ1) is 21.7. The second-order valence-corrected chi connectivity index (χ2v) is 10.9. The largest absolute Gasteiger partial charge is 0.438 e. The Morgan fingerprint density at radius 2 is 1.77 bits per heavy atom. The summed E-state index contributed by atoms with van der Waals surface area (Å²) in [4.78, 5) is 8.87. The van der Waals surface area contributed by atoms with Gasteiger partial charge in [0.2, 0.25) is 5.71 Å². The smallest absolute Gasteiger partial charge is 0.230 e. The third-order valence-corrected chi connectivity index (χ3v) is 8.11. The predicted molar refractivity (Wildman–Crippen MR) is 131 cm³/mol. The molecule has 0 N–H and O–H groups in total. The van der Waals surface area contributed by atoms with Gasteiger partial charge in [0.15, 0.2) is 9.84 Å². The third-order valence-electron chi connectivity index (χ3n) is 6.31. The molecule has 1 saturated heterocycles. The Labute approximate surface area is 201 Å². The molecule has 7 nitrogen and oxygen atoms in total. The van der Waals surface area contributed by atoms with E-state index in [-0.39, 0.29) is 23.4 Å². The Hall–Kier alpha value is -3.85. The van der Waals surface area contributed by atoms with Crippen molar-refractivity contribution in [1.29, 1.82) is 0 Å². The van der Waals surface area contributed by atoms with Crippen LogP contribution in [0.15, 0.2) is 77.6 Å². The summed E-state index contributed by atoms with van der Waals surface area (Å²) in [5, 5.41) is 5.50. The summed E-state index contributed by atoms with van der Waals surface area (Å²) in [6.07, 6.45) is 4.58. The summed E-state index contributed by atoms with van der Waals surface area (Å²) in [6.45, 7) is 0. The number of hydrogen-bond donors (Lipinski definition) is 0. The molecule has 2 aromatic carbocycles. The van der Waals surface area contributed by atoms with E-state index in [4.69, 9.17) is 9.52 Å². The summed E-state index contributed by atoms with van der Waals surface area (Å²) >= 11 is 0. The van der Waals surface area contributed by atoms with Gasteiger partial charge in [-0.05, 0) is 43.2 Å². The van der Waals surface area contributed by atoms with Gasteiger partial charge in [-0.15, -0.1) is 0 Å². The number of fused-ring (bicyclic) bond motifs is 1. The molecular weight excluding hydrogens is 467 g/mol. The molecule has 0 amide bonds. The van der Waals surface area contributed by atoms with E-state index in [2.05, 4.69) is 9.97 Å². The topological polar surface area (TPSA) is 90.9 Å². The number of furan rings is 1. The van der Waals surface area contributed by atoms with Crippen LogP contribution in [-0.2, 0) is 9.84 Å². The molecule has 176 valence electrons. The molecule has 3 aromatic heterocycles. The van der Waals surface area contributed by atoms with Crippen molar-refractivity contribution in [1.82, 2.24) is 19.7 Å². The summed E-state index contributed by atoms with van der Waals surface area (Å²) < 4.78 is 46.0. The van der Waals surface area contributed by atoms with E-state index in [0.29, 0.717) is 52.2 Å². The zero-order valence-corrected chi connectivity index (χ0v) is 19.5. The number of sulfone groups is 1. The average Bonchev–Trinajstić information content (AvgIpc) is 3.49. The van der Waals surface area contributed by atoms with E-state index in [0.717, 1.165) is 5.56 Å². The van der Waals surface area contributed by atoms with Gasteiger partial charge in [-0.25, -0.2) is 22.8 Å². The molecule has 0 unspecified atom stereocenters. The molecule has 1 fully saturated rings. The molecule has 0 saturated carbocycles. The maximum Gasteiger partial charge on any atom is 0.230 e. The van der Waals surface area contributed by atoms with Gasteiger partial charge in [-0.1, -0.05) is 30.3 Å². The normalized spacial score (nSPS) is 17.6. The number of benzene rings is 2. The van der Waals surface area contributed by atoms with E-state index in [1.807, 2.05) is 42.6 Å². The summed E-state index contributed by atoms with van der Waals surface area (Å²) in [5.74, 6) is 0.558. The number of aromatic nitrogens is 4. The van der Waals surface area contributed by atoms with Crippen molar-refractivity contribution in [3.63, 3.8) is 0 Å². The fourth-order valence-electron chi connectivity index (χ4n) is 4.60. The van der Waals surface area contributed by atoms with Crippen LogP contribution in [0, 0.1) is 5.82 Å². The Morgan fingerprint density at radius 1 is 0.971 bits per heavy atom. The van der Waals surface area contributed by atoms with Crippen LogP contribution in [0.1, 0.15) is 18.9 Å². The highest BCUT2D eigenvalue weighted by molar-refractivity contribution is 7.91. The highest BCUT2D eigenvalue weighted by atomic mass is 32.2. The predicted octanol–water partition coefficient (Wildman–Crippen LogP) is 5.31. The minimum atomic E-state index is -3.13. The maximum atomic E-state index is 13.7. The quantitative estimate of drug-likeness (QED) is 0.341. The fourth-order valence-corrected chi connectivity index (χ4v) is 6.27. The minimum absolute atomic E-state index is 0.0417. The van der Waals surface area contributed by atoms with Crippen LogP contribution in [0.2, 0.25) is 0 Å². The lowest BCUT2D eigenvalue weighted by atomic mass is 10.0. The second-order valence-electron chi connectivity index (χ2n) is 8.71. The molecule has 5 aromatic rings. The molecule has 35 heavy (non-hydrogen) atoms. The molecule has 6 rings (SSSR count). The fraction of sp³-hybridized carbons (Fsp3) is 0.192. The van der Waals surface area contributed by atoms with Gasteiger partial charge >= 0.3 is 0 Å². The van der Waals surface area contributed by atoms with Crippen LogP contribution in [-0.4, -0.2) is 39.7 Å². The first-order chi connectivity index (χ1) is 17.0. The van der Waals surface area contributed by atoms with Crippen molar-refractivity contribution in [2.75, 3.05) is 11.5 Å². The Bertz CT molecular complexity index is 1630. The van der Waals surface area contributed by atoms with Crippen LogP contribution < -0.4 is 0 Å². The lowest BCUT2D eigenvalue weighted by Gasteiger charge is -2.22. The zero-order valence-electron chi connectivity index (χ0n) is 18.6. The number of halogens is 1. The van der Waals surface area contributed by atoms with E-state index in [9.17, 15) is 12.8 Å². The van der Waals surface area contributed by atoms with Gasteiger partial charge in [0.25, 0.3) is 0 Å². The first-order valence-corrected chi connectivity index (χ1v) is 13.1. The van der Waals surface area contributed by atoms with Crippen molar-refractivity contribution >= 4 is 20.9 Å². The third kappa shape index (κ3) is 4.12. The second kappa shape index (κ2) is 8.42. The maximum absolute atomic E-state index is 13.7. The molecule has 0 radical (unpaired) electrons. The van der Waals surface area contributed by atoms with Gasteiger partial charge in [-0.2, -0.15) is 5.10 Å². The van der Waals surface area contributed by atoms with Gasteiger partial charge in [-0.3, -0.25) is 4.68 Å². The monoisotopic (exact) mass is 488 g/mol. The average molecular weight is 489 g/mol. The zero-order chi connectivity index (χ0) is 24.0. The van der Waals surface area contributed by atoms with E-state index >= 15 is 0 Å². The van der Waals surface area contributed by atoms with Gasteiger partial charge in [0.05, 0.1) is 28.6 Å². The van der Waals surface area contributed by atoms with Crippen molar-refractivity contribution in [3.05, 3.63) is 79.0 Å². The van der Waals surface area contributed by atoms with Crippen molar-refractivity contribution in [2.45, 2.75) is 18.9 Å². The molecular formula is C26H21FN4O3S. The van der Waals surface area contributed by atoms with Crippen LogP contribution in [0.4, 0.5) is 4.39 Å².